The number of hydrogen-bond donors (Lipinski definition) is 1. The van der Waals surface area contributed by atoms with Crippen molar-refractivity contribution in [1.82, 2.24) is 20.6 Å². The van der Waals surface area contributed by atoms with Crippen LogP contribution in [0.5, 0.6) is 0 Å². The lowest BCUT2D eigenvalue weighted by atomic mass is 10.00. The first-order chi connectivity index (χ1) is 8.58. The molecule has 0 aromatic carbocycles. The summed E-state index contributed by atoms with van der Waals surface area (Å²) in [6.07, 6.45) is 3.39. The Morgan fingerprint density at radius 3 is 2.56 bits per heavy atom. The van der Waals surface area contributed by atoms with Gasteiger partial charge in [-0.25, -0.2) is 5.01 Å². The third-order valence-electron chi connectivity index (χ3n) is 3.29. The number of piperidine rings is 1. The number of hydrazine groups is 1. The first-order valence-corrected chi connectivity index (χ1v) is 6.54. The number of nitrogens with one attached hydrogen (secondary N) is 1. The van der Waals surface area contributed by atoms with E-state index in [9.17, 15) is 4.79 Å². The molecule has 1 aromatic heterocycles. The summed E-state index contributed by atoms with van der Waals surface area (Å²) in [5, 5.41) is 9.73. The predicted molar refractivity (Wildman–Crippen MR) is 69.1 cm³/mol. The molecule has 1 aliphatic heterocycles. The highest BCUT2D eigenvalue weighted by Crippen LogP contribution is 2.20. The highest BCUT2D eigenvalue weighted by molar-refractivity contribution is 6.29. The Balaban J connectivity index is 2.04. The van der Waals surface area contributed by atoms with E-state index in [2.05, 4.69) is 29.5 Å². The first-order valence-electron chi connectivity index (χ1n) is 6.16. The van der Waals surface area contributed by atoms with Gasteiger partial charge in [-0.3, -0.25) is 10.2 Å². The molecule has 0 bridgehead atoms. The molecule has 0 aliphatic carbocycles. The van der Waals surface area contributed by atoms with Crippen LogP contribution in [0.4, 0.5) is 0 Å². The van der Waals surface area contributed by atoms with Gasteiger partial charge in [0.25, 0.3) is 5.91 Å². The van der Waals surface area contributed by atoms with Gasteiger partial charge in [0.05, 0.1) is 0 Å². The van der Waals surface area contributed by atoms with Gasteiger partial charge in [-0.15, -0.1) is 10.2 Å². The molecule has 1 aromatic rings. The molecule has 2 heterocycles. The number of rotatable bonds is 2. The molecule has 1 saturated heterocycles. The number of carbonyl (C=O) groups is 1. The summed E-state index contributed by atoms with van der Waals surface area (Å²) in [6, 6.07) is 3.83. The smallest absolute Gasteiger partial charge is 0.283 e. The van der Waals surface area contributed by atoms with Gasteiger partial charge in [-0.05, 0) is 38.8 Å². The van der Waals surface area contributed by atoms with Gasteiger partial charge in [0.1, 0.15) is 0 Å². The molecule has 98 valence electrons. The first kappa shape index (κ1) is 13.2. The second-order valence-electron chi connectivity index (χ2n) is 4.72. The van der Waals surface area contributed by atoms with Crippen LogP contribution < -0.4 is 5.43 Å². The van der Waals surface area contributed by atoms with Gasteiger partial charge in [0.15, 0.2) is 10.8 Å². The number of nitrogens with zero attached hydrogens (tertiary/aromatic N) is 3. The quantitative estimate of drug-likeness (QED) is 0.892. The third kappa shape index (κ3) is 2.97. The molecule has 6 heteroatoms. The van der Waals surface area contributed by atoms with E-state index in [-0.39, 0.29) is 16.8 Å². The number of halogens is 1. The van der Waals surface area contributed by atoms with E-state index in [0.29, 0.717) is 12.1 Å². The summed E-state index contributed by atoms with van der Waals surface area (Å²) in [6.45, 7) is 4.23. The normalized spacial score (nSPS) is 24.8. The van der Waals surface area contributed by atoms with Crippen molar-refractivity contribution in [3.63, 3.8) is 0 Å². The highest BCUT2D eigenvalue weighted by Gasteiger charge is 2.26. The largest absolute Gasteiger partial charge is 0.286 e. The average molecular weight is 269 g/mol. The van der Waals surface area contributed by atoms with Crippen LogP contribution >= 0.6 is 11.6 Å². The fraction of sp³-hybridized carbons (Fsp3) is 0.583. The summed E-state index contributed by atoms with van der Waals surface area (Å²) in [7, 11) is 0. The number of hydrogen-bond acceptors (Lipinski definition) is 4. The molecule has 2 atom stereocenters. The summed E-state index contributed by atoms with van der Waals surface area (Å²) < 4.78 is 0. The predicted octanol–water partition coefficient (Wildman–Crippen LogP) is 2.04. The second kappa shape index (κ2) is 5.63. The average Bonchev–Trinajstić information content (AvgIpc) is 2.34. The molecule has 1 aliphatic rings. The van der Waals surface area contributed by atoms with Gasteiger partial charge < -0.3 is 0 Å². The van der Waals surface area contributed by atoms with Crippen LogP contribution in [0.2, 0.25) is 5.15 Å². The summed E-state index contributed by atoms with van der Waals surface area (Å²) in [5.41, 5.74) is 3.18. The van der Waals surface area contributed by atoms with Crippen molar-refractivity contribution >= 4 is 17.5 Å². The maximum Gasteiger partial charge on any atom is 0.286 e. The van der Waals surface area contributed by atoms with E-state index in [4.69, 9.17) is 11.6 Å². The molecule has 2 rings (SSSR count). The zero-order chi connectivity index (χ0) is 13.1. The minimum Gasteiger partial charge on any atom is -0.283 e. The molecule has 0 spiro atoms. The molecule has 2 unspecified atom stereocenters. The Morgan fingerprint density at radius 2 is 2.00 bits per heavy atom. The molecule has 1 N–H and O–H groups in total. The minimum absolute atomic E-state index is 0.236. The van der Waals surface area contributed by atoms with Gasteiger partial charge >= 0.3 is 0 Å². The van der Waals surface area contributed by atoms with Crippen molar-refractivity contribution in [1.29, 1.82) is 0 Å². The van der Waals surface area contributed by atoms with Crippen molar-refractivity contribution in [2.45, 2.75) is 45.2 Å². The summed E-state index contributed by atoms with van der Waals surface area (Å²) >= 11 is 5.64. The maximum atomic E-state index is 12.0. The van der Waals surface area contributed by atoms with Crippen molar-refractivity contribution in [3.05, 3.63) is 23.0 Å². The van der Waals surface area contributed by atoms with E-state index in [1.807, 2.05) is 5.01 Å². The van der Waals surface area contributed by atoms with Crippen LogP contribution in [-0.2, 0) is 0 Å². The van der Waals surface area contributed by atoms with Crippen LogP contribution in [0.1, 0.15) is 43.6 Å². The van der Waals surface area contributed by atoms with E-state index in [1.165, 1.54) is 6.42 Å². The Hall–Kier alpha value is -1.20. The van der Waals surface area contributed by atoms with E-state index in [0.717, 1.165) is 12.8 Å². The molecule has 5 nitrogen and oxygen atoms in total. The molecule has 1 amide bonds. The van der Waals surface area contributed by atoms with Crippen molar-refractivity contribution in [3.8, 4) is 0 Å². The molecule has 0 saturated carbocycles. The Bertz CT molecular complexity index is 413. The Morgan fingerprint density at radius 1 is 1.33 bits per heavy atom. The van der Waals surface area contributed by atoms with Gasteiger partial charge in [0.2, 0.25) is 0 Å². The SMILES string of the molecule is CC1CCCC(C)N1NC(=O)c1ccc(Cl)nn1. The fourth-order valence-corrected chi connectivity index (χ4v) is 2.35. The molecule has 1 fully saturated rings. The van der Waals surface area contributed by atoms with Gasteiger partial charge in [-0.2, -0.15) is 0 Å². The summed E-state index contributed by atoms with van der Waals surface area (Å²) in [5.74, 6) is -0.236. The number of aromatic nitrogens is 2. The van der Waals surface area contributed by atoms with Crippen molar-refractivity contribution in [2.24, 2.45) is 0 Å². The lowest BCUT2D eigenvalue weighted by Crippen LogP contribution is -2.54. The number of carbonyl (C=O) groups excluding carboxylic acids is 1. The van der Waals surface area contributed by atoms with E-state index >= 15 is 0 Å². The third-order valence-corrected chi connectivity index (χ3v) is 3.49. The van der Waals surface area contributed by atoms with E-state index in [1.54, 1.807) is 12.1 Å². The lowest BCUT2D eigenvalue weighted by molar-refractivity contribution is 0.0365. The zero-order valence-electron chi connectivity index (χ0n) is 10.6. The fourth-order valence-electron chi connectivity index (χ4n) is 2.25. The van der Waals surface area contributed by atoms with Gasteiger partial charge in [-0.1, -0.05) is 18.0 Å². The minimum atomic E-state index is -0.236. The monoisotopic (exact) mass is 268 g/mol. The Labute approximate surface area is 111 Å². The summed E-state index contributed by atoms with van der Waals surface area (Å²) in [4.78, 5) is 12.0. The van der Waals surface area contributed by atoms with Crippen LogP contribution in [0.15, 0.2) is 12.1 Å². The van der Waals surface area contributed by atoms with Crippen molar-refractivity contribution < 1.29 is 4.79 Å². The van der Waals surface area contributed by atoms with Crippen LogP contribution in [-0.4, -0.2) is 33.2 Å². The van der Waals surface area contributed by atoms with Crippen molar-refractivity contribution in [2.75, 3.05) is 0 Å². The molecular weight excluding hydrogens is 252 g/mol. The molecular formula is C12H17ClN4O. The van der Waals surface area contributed by atoms with Gasteiger partial charge in [0, 0.05) is 12.1 Å². The maximum absolute atomic E-state index is 12.0. The van der Waals surface area contributed by atoms with Crippen LogP contribution in [0, 0.1) is 0 Å². The van der Waals surface area contributed by atoms with E-state index < -0.39 is 0 Å². The second-order valence-corrected chi connectivity index (χ2v) is 5.11. The lowest BCUT2D eigenvalue weighted by Gasteiger charge is -2.38. The van der Waals surface area contributed by atoms with Crippen LogP contribution in [0.3, 0.4) is 0 Å². The number of amides is 1. The molecule has 18 heavy (non-hydrogen) atoms. The standard InChI is InChI=1S/C12H17ClN4O/c1-8-4-3-5-9(2)17(8)16-12(18)10-6-7-11(13)15-14-10/h6-9H,3-5H2,1-2H3,(H,16,18). The topological polar surface area (TPSA) is 58.1 Å². The van der Waals surface area contributed by atoms with Crippen LogP contribution in [0.25, 0.3) is 0 Å². The Kier molecular flexibility index (Phi) is 4.14. The zero-order valence-corrected chi connectivity index (χ0v) is 11.3. The molecule has 0 radical (unpaired) electrons. The highest BCUT2D eigenvalue weighted by atomic mass is 35.5.